The van der Waals surface area contributed by atoms with Crippen LogP contribution in [0.15, 0.2) is 30.3 Å². The van der Waals surface area contributed by atoms with E-state index in [0.29, 0.717) is 10.7 Å². The largest absolute Gasteiger partial charge is 0.349 e. The van der Waals surface area contributed by atoms with Gasteiger partial charge < -0.3 is 10.6 Å². The van der Waals surface area contributed by atoms with E-state index in [2.05, 4.69) is 27.4 Å². The van der Waals surface area contributed by atoms with Gasteiger partial charge in [0.1, 0.15) is 0 Å². The molecular formula is C19H24N4O2S. The molecule has 0 bridgehead atoms. The number of hydrogen-bond donors (Lipinski definition) is 2. The third kappa shape index (κ3) is 4.68. The molecule has 0 aliphatic carbocycles. The minimum Gasteiger partial charge on any atom is -0.349 e. The lowest BCUT2D eigenvalue weighted by atomic mass is 10.1. The van der Waals surface area contributed by atoms with Gasteiger partial charge in [-0.15, -0.1) is 11.3 Å². The molecule has 138 valence electrons. The molecule has 0 radical (unpaired) electrons. The lowest BCUT2D eigenvalue weighted by Crippen LogP contribution is -2.35. The number of rotatable bonds is 6. The molecule has 1 aliphatic heterocycles. The molecule has 1 aromatic heterocycles. The first-order valence-electron chi connectivity index (χ1n) is 8.92. The summed E-state index contributed by atoms with van der Waals surface area (Å²) >= 11 is 1.55. The maximum Gasteiger partial charge on any atom is 0.251 e. The number of hydrogen-bond acceptors (Lipinski definition) is 5. The summed E-state index contributed by atoms with van der Waals surface area (Å²) in [4.78, 5) is 32.5. The summed E-state index contributed by atoms with van der Waals surface area (Å²) in [6, 6.07) is 8.74. The molecule has 1 aliphatic rings. The molecule has 3 rings (SSSR count). The van der Waals surface area contributed by atoms with Crippen LogP contribution < -0.4 is 10.6 Å². The fourth-order valence-electron chi connectivity index (χ4n) is 2.97. The van der Waals surface area contributed by atoms with Gasteiger partial charge in [0.2, 0.25) is 5.91 Å². The Morgan fingerprint density at radius 3 is 2.81 bits per heavy atom. The molecule has 26 heavy (non-hydrogen) atoms. The number of carbonyl (C=O) groups excluding carboxylic acids is 2. The highest BCUT2D eigenvalue weighted by molar-refractivity contribution is 7.15. The number of nitrogens with zero attached hydrogens (tertiary/aromatic N) is 2. The Morgan fingerprint density at radius 1 is 1.31 bits per heavy atom. The van der Waals surface area contributed by atoms with Gasteiger partial charge in [-0.25, -0.2) is 4.98 Å². The molecule has 1 aromatic carbocycles. The smallest absolute Gasteiger partial charge is 0.251 e. The number of anilines is 1. The van der Waals surface area contributed by atoms with Crippen molar-refractivity contribution >= 4 is 28.3 Å². The van der Waals surface area contributed by atoms with E-state index in [0.717, 1.165) is 31.7 Å². The summed E-state index contributed by atoms with van der Waals surface area (Å²) in [6.45, 7) is 6.93. The van der Waals surface area contributed by atoms with Crippen molar-refractivity contribution in [3.05, 3.63) is 46.5 Å². The van der Waals surface area contributed by atoms with Gasteiger partial charge >= 0.3 is 0 Å². The molecule has 2 aromatic rings. The Morgan fingerprint density at radius 2 is 2.08 bits per heavy atom. The normalized spacial score (nSPS) is 15.2. The first-order chi connectivity index (χ1) is 12.5. The lowest BCUT2D eigenvalue weighted by Gasteiger charge is -2.23. The van der Waals surface area contributed by atoms with Crippen molar-refractivity contribution in [3.8, 4) is 0 Å². The van der Waals surface area contributed by atoms with Crippen LogP contribution in [0.3, 0.4) is 0 Å². The van der Waals surface area contributed by atoms with Crippen molar-refractivity contribution in [2.45, 2.75) is 39.3 Å². The highest BCUT2D eigenvalue weighted by Gasteiger charge is 2.21. The third-order valence-electron chi connectivity index (χ3n) is 4.41. The number of aromatic nitrogens is 1. The predicted octanol–water partition coefficient (Wildman–Crippen LogP) is 2.67. The number of fused-ring (bicyclic) bond motifs is 1. The standard InChI is InChI=1S/C19H24N4O2S/c1-3-23-10-9-15-16(12-23)26-19(21-15)22-17(24)11-13(2)20-18(25)14-7-5-4-6-8-14/h4-8,13H,3,9-12H2,1-2H3,(H,20,25)(H,21,22,24)/t13-/m1/s1. The lowest BCUT2D eigenvalue weighted by molar-refractivity contribution is -0.116. The van der Waals surface area contributed by atoms with E-state index in [1.807, 2.05) is 25.1 Å². The van der Waals surface area contributed by atoms with Gasteiger partial charge in [-0.2, -0.15) is 0 Å². The average molecular weight is 372 g/mol. The molecule has 2 amide bonds. The van der Waals surface area contributed by atoms with Crippen LogP contribution in [-0.4, -0.2) is 40.8 Å². The first-order valence-corrected chi connectivity index (χ1v) is 9.73. The molecule has 0 spiro atoms. The molecule has 2 N–H and O–H groups in total. The highest BCUT2D eigenvalue weighted by atomic mass is 32.1. The Hall–Kier alpha value is -2.25. The Kier molecular flexibility index (Phi) is 6.00. The van der Waals surface area contributed by atoms with Crippen LogP contribution in [0.25, 0.3) is 0 Å². The SMILES string of the molecule is CCN1CCc2nc(NC(=O)C[C@@H](C)NC(=O)c3ccccc3)sc2C1. The van der Waals surface area contributed by atoms with Crippen LogP contribution in [0, 0.1) is 0 Å². The summed E-state index contributed by atoms with van der Waals surface area (Å²) in [5.74, 6) is -0.306. The van der Waals surface area contributed by atoms with Crippen molar-refractivity contribution < 1.29 is 9.59 Å². The molecule has 0 unspecified atom stereocenters. The van der Waals surface area contributed by atoms with Crippen LogP contribution in [0.2, 0.25) is 0 Å². The second kappa shape index (κ2) is 8.42. The molecule has 6 nitrogen and oxygen atoms in total. The van der Waals surface area contributed by atoms with Crippen LogP contribution in [0.1, 0.15) is 41.2 Å². The quantitative estimate of drug-likeness (QED) is 0.818. The van der Waals surface area contributed by atoms with Crippen LogP contribution in [0.5, 0.6) is 0 Å². The Labute approximate surface area is 157 Å². The van der Waals surface area contributed by atoms with Crippen LogP contribution in [-0.2, 0) is 17.8 Å². The van der Waals surface area contributed by atoms with Gasteiger partial charge in [0.15, 0.2) is 5.13 Å². The minimum absolute atomic E-state index is 0.135. The van der Waals surface area contributed by atoms with Gasteiger partial charge in [0, 0.05) is 42.4 Å². The van der Waals surface area contributed by atoms with Crippen molar-refractivity contribution in [3.63, 3.8) is 0 Å². The van der Waals surface area contributed by atoms with E-state index >= 15 is 0 Å². The van der Waals surface area contributed by atoms with Gasteiger partial charge in [-0.3, -0.25) is 14.5 Å². The summed E-state index contributed by atoms with van der Waals surface area (Å²) in [5.41, 5.74) is 1.69. The van der Waals surface area contributed by atoms with E-state index in [1.54, 1.807) is 23.5 Å². The predicted molar refractivity (Wildman–Crippen MR) is 103 cm³/mol. The van der Waals surface area contributed by atoms with Crippen molar-refractivity contribution in [1.82, 2.24) is 15.2 Å². The van der Waals surface area contributed by atoms with E-state index in [4.69, 9.17) is 0 Å². The van der Waals surface area contributed by atoms with Gasteiger partial charge in [-0.1, -0.05) is 25.1 Å². The summed E-state index contributed by atoms with van der Waals surface area (Å²) < 4.78 is 0. The van der Waals surface area contributed by atoms with Gasteiger partial charge in [0.25, 0.3) is 5.91 Å². The third-order valence-corrected chi connectivity index (χ3v) is 5.41. The maximum atomic E-state index is 12.3. The first kappa shape index (κ1) is 18.5. The summed E-state index contributed by atoms with van der Waals surface area (Å²) in [7, 11) is 0. The monoisotopic (exact) mass is 372 g/mol. The summed E-state index contributed by atoms with van der Waals surface area (Å²) in [5, 5.41) is 6.38. The second-order valence-corrected chi connectivity index (χ2v) is 7.58. The maximum absolute atomic E-state index is 12.3. The Bertz CT molecular complexity index is 775. The van der Waals surface area contributed by atoms with Crippen molar-refractivity contribution in [1.29, 1.82) is 0 Å². The average Bonchev–Trinajstić information content (AvgIpc) is 3.03. The fraction of sp³-hybridized carbons (Fsp3) is 0.421. The van der Waals surface area contributed by atoms with Gasteiger partial charge in [-0.05, 0) is 25.6 Å². The molecule has 2 heterocycles. The number of benzene rings is 1. The number of likely N-dealkylation sites (N-methyl/N-ethyl adjacent to an activating group) is 1. The number of nitrogens with one attached hydrogen (secondary N) is 2. The van der Waals surface area contributed by atoms with E-state index in [9.17, 15) is 9.59 Å². The van der Waals surface area contributed by atoms with Crippen molar-refractivity contribution in [2.24, 2.45) is 0 Å². The zero-order valence-corrected chi connectivity index (χ0v) is 15.9. The number of carbonyl (C=O) groups is 2. The molecule has 0 saturated carbocycles. The molecule has 0 fully saturated rings. The molecule has 0 saturated heterocycles. The number of amides is 2. The van der Waals surface area contributed by atoms with Crippen LogP contribution >= 0.6 is 11.3 Å². The molecule has 7 heteroatoms. The molecule has 1 atom stereocenters. The van der Waals surface area contributed by atoms with Crippen LogP contribution in [0.4, 0.5) is 5.13 Å². The highest BCUT2D eigenvalue weighted by Crippen LogP contribution is 2.28. The van der Waals surface area contributed by atoms with E-state index < -0.39 is 0 Å². The van der Waals surface area contributed by atoms with Crippen molar-refractivity contribution in [2.75, 3.05) is 18.4 Å². The molecular weight excluding hydrogens is 348 g/mol. The fourth-order valence-corrected chi connectivity index (χ4v) is 4.03. The van der Waals surface area contributed by atoms with E-state index in [-0.39, 0.29) is 24.3 Å². The van der Waals surface area contributed by atoms with Gasteiger partial charge in [0.05, 0.1) is 5.69 Å². The topological polar surface area (TPSA) is 74.3 Å². The zero-order chi connectivity index (χ0) is 18.5. The zero-order valence-electron chi connectivity index (χ0n) is 15.1. The van der Waals surface area contributed by atoms with E-state index in [1.165, 1.54) is 4.88 Å². The second-order valence-electron chi connectivity index (χ2n) is 6.50. The minimum atomic E-state index is -0.257. The summed E-state index contributed by atoms with van der Waals surface area (Å²) in [6.07, 6.45) is 1.14. The number of thiazole rings is 1. The Balaban J connectivity index is 1.51.